The number of hydrogen-bond acceptors (Lipinski definition) is 18. The lowest BCUT2D eigenvalue weighted by molar-refractivity contribution is -0.388. The van der Waals surface area contributed by atoms with Gasteiger partial charge in [-0.3, -0.25) is 4.79 Å². The number of aliphatic hydroxyl groups excluding tert-OH is 2. The molecule has 8 rings (SSSR count). The third-order valence-electron chi connectivity index (χ3n) is 19.3. The Kier molecular flexibility index (Phi) is 17.6. The zero-order valence-electron chi connectivity index (χ0n) is 46.0. The zero-order valence-corrected chi connectivity index (χ0v) is 46.0. The summed E-state index contributed by atoms with van der Waals surface area (Å²) < 4.78 is 85.5. The predicted octanol–water partition coefficient (Wildman–Crippen LogP) is 5.07. The van der Waals surface area contributed by atoms with Crippen LogP contribution >= 0.6 is 0 Å². The van der Waals surface area contributed by atoms with Crippen molar-refractivity contribution in [3.05, 3.63) is 0 Å². The van der Waals surface area contributed by atoms with E-state index in [-0.39, 0.29) is 42.2 Å². The van der Waals surface area contributed by atoms with E-state index in [1.54, 1.807) is 28.3 Å². The van der Waals surface area contributed by atoms with Gasteiger partial charge in [0.2, 0.25) is 0 Å². The Hall–Kier alpha value is -1.21. The van der Waals surface area contributed by atoms with E-state index in [1.165, 1.54) is 0 Å². The number of methoxy groups -OCH3 is 3. The van der Waals surface area contributed by atoms with Gasteiger partial charge in [-0.1, -0.05) is 48.5 Å². The first kappa shape index (κ1) is 58.0. The molecule has 0 saturated carbocycles. The summed E-state index contributed by atoms with van der Waals surface area (Å²) in [6.07, 6.45) is -3.50. The van der Waals surface area contributed by atoms with Gasteiger partial charge in [-0.05, 0) is 72.1 Å². The second kappa shape index (κ2) is 22.1. The Labute approximate surface area is 433 Å². The molecular formula is C54H92O19. The third-order valence-corrected chi connectivity index (χ3v) is 19.3. The van der Waals surface area contributed by atoms with E-state index in [0.717, 1.165) is 6.42 Å². The van der Waals surface area contributed by atoms with Crippen molar-refractivity contribution in [3.8, 4) is 0 Å². The lowest BCUT2D eigenvalue weighted by Crippen LogP contribution is -2.67. The Balaban J connectivity index is 1.03. The fraction of sp³-hybridized carbons (Fsp3) is 0.981. The molecule has 19 nitrogen and oxygen atoms in total. The van der Waals surface area contributed by atoms with Gasteiger partial charge in [0.1, 0.15) is 12.2 Å². The van der Waals surface area contributed by atoms with Gasteiger partial charge < -0.3 is 87.1 Å². The highest BCUT2D eigenvalue weighted by Gasteiger charge is 2.68. The molecule has 0 radical (unpaired) electrons. The molecule has 0 aromatic rings. The van der Waals surface area contributed by atoms with Gasteiger partial charge in [-0.15, -0.1) is 0 Å². The molecule has 5 N–H and O–H groups in total. The van der Waals surface area contributed by atoms with E-state index >= 15 is 0 Å². The van der Waals surface area contributed by atoms with Crippen LogP contribution in [0.25, 0.3) is 0 Å². The Bertz CT molecular complexity index is 1870. The fourth-order valence-corrected chi connectivity index (χ4v) is 14.7. The minimum atomic E-state index is -2.14. The van der Waals surface area contributed by atoms with E-state index in [9.17, 15) is 30.3 Å². The summed E-state index contributed by atoms with van der Waals surface area (Å²) in [5.74, 6) is -9.20. The Morgan fingerprint density at radius 2 is 1.32 bits per heavy atom. The summed E-state index contributed by atoms with van der Waals surface area (Å²) in [4.78, 5) is 12.4. The number of carboxylic acids is 1. The van der Waals surface area contributed by atoms with Crippen LogP contribution in [0.4, 0.5) is 0 Å². The molecule has 0 amide bonds. The monoisotopic (exact) mass is 1040 g/mol. The summed E-state index contributed by atoms with van der Waals surface area (Å²) >= 11 is 0. The molecule has 8 aliphatic heterocycles. The van der Waals surface area contributed by atoms with Crippen molar-refractivity contribution in [2.24, 2.45) is 41.4 Å². The smallest absolute Gasteiger partial charge is 0.308 e. The number of hydrogen-bond donors (Lipinski definition) is 5. The standard InChI is InChI=1S/C54H92O19/c1-26-21-27(2)53(60,25-55)70-44(26)37-22-38(66-41-17-15-35(61-12)33(8)64-41)49(67-37)50(10)20-19-39(69-50)51(11)23-28(3)54(73-51)31(6)43(58)29(4)45(72-54)30(5)46-48(63-14)47(32(7)52(59,71-46)24-40(56)57)68-42-18-16-36(62-13)34(9)65-42/h26-39,41-49,55,58-60H,15-25H2,1-14H3,(H,56,57)/t26-,27+,28+,29?,30?,31+,32-,33?,34?,35-,36-,37+,38-,39+,41?,42?,43+,44-,45-,46-,47-,48?,49+,50-,51-,52-,53-,54+/m0/s1. The highest BCUT2D eigenvalue weighted by atomic mass is 16.7. The molecule has 8 saturated heterocycles. The van der Waals surface area contributed by atoms with Gasteiger partial charge in [-0.2, -0.15) is 0 Å². The van der Waals surface area contributed by atoms with Crippen LogP contribution in [0, 0.1) is 41.4 Å². The van der Waals surface area contributed by atoms with E-state index in [2.05, 4.69) is 27.7 Å². The molecule has 8 heterocycles. The minimum absolute atomic E-state index is 0.0272. The highest BCUT2D eigenvalue weighted by Crippen LogP contribution is 2.58. The normalized spacial score (nSPS) is 54.2. The largest absolute Gasteiger partial charge is 0.481 e. The maximum Gasteiger partial charge on any atom is 0.308 e. The zero-order chi connectivity index (χ0) is 53.3. The lowest BCUT2D eigenvalue weighted by atomic mass is 9.71. The van der Waals surface area contributed by atoms with Crippen molar-refractivity contribution in [2.75, 3.05) is 27.9 Å². The van der Waals surface area contributed by atoms with E-state index in [0.29, 0.717) is 51.4 Å². The van der Waals surface area contributed by atoms with Crippen molar-refractivity contribution >= 4 is 5.97 Å². The van der Waals surface area contributed by atoms with Gasteiger partial charge >= 0.3 is 5.97 Å². The van der Waals surface area contributed by atoms with Gasteiger partial charge in [-0.25, -0.2) is 0 Å². The SMILES string of the molecule is COC1[C@H](C(C)[C@H]2O[C@]3(O[C@](C)([C@H]4CC[C@@](C)([C@@H]5O[C@@H]([C@H]6O[C@@](O)(CO)[C@H](C)C[C@@H]6C)C[C@@H]5OC5CC[C@H](OC)C(C)O5)O4)C[C@H]3C)[C@H](C)[C@H](O)C2C)O[C@@](O)(CC(=O)O)[C@@H](C)[C@@H]1OC1CC[C@H](OC)C(C)O1. The molecule has 8 aliphatic rings. The quantitative estimate of drug-likeness (QED) is 0.144. The van der Waals surface area contributed by atoms with Crippen LogP contribution < -0.4 is 0 Å². The van der Waals surface area contributed by atoms with Gasteiger partial charge in [0, 0.05) is 76.1 Å². The molecule has 0 aromatic heterocycles. The molecule has 28 atom stereocenters. The Morgan fingerprint density at radius 1 is 0.685 bits per heavy atom. The molecule has 1 spiro atoms. The first-order valence-electron chi connectivity index (χ1n) is 27.5. The number of aliphatic carboxylic acids is 1. The molecule has 422 valence electrons. The van der Waals surface area contributed by atoms with Crippen LogP contribution in [0.1, 0.15) is 140 Å². The molecule has 0 bridgehead atoms. The summed E-state index contributed by atoms with van der Waals surface area (Å²) in [6.45, 7) is 21.1. The van der Waals surface area contributed by atoms with Gasteiger partial charge in [0.05, 0.1) is 97.5 Å². The molecule has 0 aliphatic carbocycles. The number of carbonyl (C=O) groups is 1. The van der Waals surface area contributed by atoms with Crippen molar-refractivity contribution < 1.29 is 91.9 Å². The second-order valence-corrected chi connectivity index (χ2v) is 24.3. The number of carboxylic acid groups (broad SMARTS) is 1. The van der Waals surface area contributed by atoms with Crippen LogP contribution in [0.5, 0.6) is 0 Å². The molecule has 7 unspecified atom stereocenters. The number of ether oxygens (including phenoxy) is 13. The molecule has 8 fully saturated rings. The first-order valence-corrected chi connectivity index (χ1v) is 27.5. The predicted molar refractivity (Wildman–Crippen MR) is 261 cm³/mol. The summed E-state index contributed by atoms with van der Waals surface area (Å²) in [7, 11) is 4.89. The van der Waals surface area contributed by atoms with Crippen LogP contribution in [-0.4, -0.2) is 186 Å². The van der Waals surface area contributed by atoms with E-state index in [1.807, 2.05) is 41.5 Å². The second-order valence-electron chi connectivity index (χ2n) is 24.3. The van der Waals surface area contributed by atoms with Gasteiger partial charge in [0.15, 0.2) is 29.9 Å². The number of rotatable bonds is 15. The summed E-state index contributed by atoms with van der Waals surface area (Å²) in [5, 5.41) is 56.2. The van der Waals surface area contributed by atoms with E-state index < -0.39 is 145 Å². The van der Waals surface area contributed by atoms with Crippen molar-refractivity contribution in [1.29, 1.82) is 0 Å². The molecule has 19 heteroatoms. The summed E-state index contributed by atoms with van der Waals surface area (Å²) in [6, 6.07) is 0. The van der Waals surface area contributed by atoms with Crippen LogP contribution in [0.3, 0.4) is 0 Å². The molecule has 0 aromatic carbocycles. The first-order chi connectivity index (χ1) is 34.3. The highest BCUT2D eigenvalue weighted by molar-refractivity contribution is 5.68. The average Bonchev–Trinajstić information content (AvgIpc) is 4.03. The van der Waals surface area contributed by atoms with Crippen molar-refractivity contribution in [2.45, 2.75) is 267 Å². The minimum Gasteiger partial charge on any atom is -0.481 e. The maximum absolute atomic E-state index is 12.4. The van der Waals surface area contributed by atoms with Crippen LogP contribution in [0.15, 0.2) is 0 Å². The maximum atomic E-state index is 12.4. The summed E-state index contributed by atoms with van der Waals surface area (Å²) in [5.41, 5.74) is -1.74. The average molecular weight is 1050 g/mol. The van der Waals surface area contributed by atoms with Crippen molar-refractivity contribution in [3.63, 3.8) is 0 Å². The van der Waals surface area contributed by atoms with Crippen LogP contribution in [-0.2, 0) is 66.4 Å². The van der Waals surface area contributed by atoms with Crippen molar-refractivity contribution in [1.82, 2.24) is 0 Å². The van der Waals surface area contributed by atoms with Crippen LogP contribution in [0.2, 0.25) is 0 Å². The fourth-order valence-electron chi connectivity index (χ4n) is 14.7. The topological polar surface area (TPSA) is 238 Å². The number of aliphatic hydroxyl groups is 4. The van der Waals surface area contributed by atoms with Gasteiger partial charge in [0.25, 0.3) is 0 Å². The third kappa shape index (κ3) is 10.8. The van der Waals surface area contributed by atoms with E-state index in [4.69, 9.17) is 61.6 Å². The molecule has 73 heavy (non-hydrogen) atoms. The Morgan fingerprint density at radius 3 is 1.89 bits per heavy atom. The lowest BCUT2D eigenvalue weighted by Gasteiger charge is -2.56. The molecular weight excluding hydrogens is 953 g/mol.